The van der Waals surface area contributed by atoms with Crippen molar-refractivity contribution in [3.8, 4) is 0 Å². The number of hydrogen-bond acceptors (Lipinski definition) is 6. The van der Waals surface area contributed by atoms with Gasteiger partial charge >= 0.3 is 10.4 Å². The Bertz CT molecular complexity index is 959. The first-order valence-electron chi connectivity index (χ1n) is 10.7. The standard InChI is InChI=1S/C20H24ClN3S.C2H6.H2O4S/c1-22-11-13-23(14-12-22)9-4-10-24-17-5-2-3-6-19(17)25-20-8-7-16(21)15-18(20)24;1-2;1-5(2,3)4/h2-3,5-8,15H,4,9-14H2,1H3;1-2H3;(H2,1,2,3,4). The number of likely N-dealkylation sites (N-methyl/N-ethyl adjacent to an activating group) is 1. The summed E-state index contributed by atoms with van der Waals surface area (Å²) >= 11 is 8.13. The molecule has 2 aliphatic heterocycles. The number of hydrogen-bond donors (Lipinski definition) is 2. The van der Waals surface area contributed by atoms with Crippen molar-refractivity contribution in [2.75, 3.05) is 51.2 Å². The van der Waals surface area contributed by atoms with E-state index in [1.165, 1.54) is 47.3 Å². The van der Waals surface area contributed by atoms with Gasteiger partial charge in [0.05, 0.1) is 11.4 Å². The molecule has 178 valence electrons. The van der Waals surface area contributed by atoms with Crippen molar-refractivity contribution in [1.29, 1.82) is 0 Å². The van der Waals surface area contributed by atoms with E-state index < -0.39 is 10.4 Å². The summed E-state index contributed by atoms with van der Waals surface area (Å²) in [4.78, 5) is 10.1. The first-order chi connectivity index (χ1) is 15.2. The third-order valence-electron chi connectivity index (χ3n) is 5.04. The number of benzene rings is 2. The van der Waals surface area contributed by atoms with Gasteiger partial charge in [0.25, 0.3) is 0 Å². The molecule has 0 amide bonds. The van der Waals surface area contributed by atoms with E-state index in [-0.39, 0.29) is 0 Å². The van der Waals surface area contributed by atoms with E-state index in [0.717, 1.165) is 24.5 Å². The molecule has 0 aromatic heterocycles. The Hall–Kier alpha value is -1.33. The molecule has 0 atom stereocenters. The topological polar surface area (TPSA) is 84.3 Å². The Morgan fingerprint density at radius 2 is 1.53 bits per heavy atom. The van der Waals surface area contributed by atoms with Crippen molar-refractivity contribution < 1.29 is 17.5 Å². The molecule has 7 nitrogen and oxygen atoms in total. The van der Waals surface area contributed by atoms with Crippen LogP contribution < -0.4 is 4.90 Å². The Labute approximate surface area is 200 Å². The van der Waals surface area contributed by atoms with Gasteiger partial charge in [-0.3, -0.25) is 9.11 Å². The summed E-state index contributed by atoms with van der Waals surface area (Å²) in [6.45, 7) is 10.9. The van der Waals surface area contributed by atoms with Crippen LogP contribution in [0, 0.1) is 0 Å². The smallest absolute Gasteiger partial charge is 0.340 e. The van der Waals surface area contributed by atoms with Crippen LogP contribution in [0.2, 0.25) is 5.02 Å². The lowest BCUT2D eigenvalue weighted by Gasteiger charge is -2.35. The predicted molar refractivity (Wildman–Crippen MR) is 133 cm³/mol. The Balaban J connectivity index is 0.000000460. The zero-order chi connectivity index (χ0) is 23.7. The van der Waals surface area contributed by atoms with Crippen LogP contribution in [0.15, 0.2) is 52.3 Å². The second-order valence-corrected chi connectivity index (χ2v) is 9.70. The number of anilines is 2. The maximum absolute atomic E-state index is 8.74. The maximum Gasteiger partial charge on any atom is 0.394 e. The van der Waals surface area contributed by atoms with Crippen molar-refractivity contribution in [3.63, 3.8) is 0 Å². The van der Waals surface area contributed by atoms with Crippen LogP contribution in [0.5, 0.6) is 0 Å². The molecule has 4 rings (SSSR count). The maximum atomic E-state index is 8.74. The number of nitrogens with zero attached hydrogens (tertiary/aromatic N) is 3. The SMILES string of the molecule is CC.CN1CCN(CCCN2c3ccccc3Sc3ccc(Cl)cc32)CC1.O=S(=O)(O)O. The summed E-state index contributed by atoms with van der Waals surface area (Å²) in [7, 11) is -2.46. The van der Waals surface area contributed by atoms with Gasteiger partial charge in [-0.1, -0.05) is 49.3 Å². The van der Waals surface area contributed by atoms with E-state index in [1.807, 2.05) is 31.7 Å². The molecule has 0 aliphatic carbocycles. The molecule has 10 heteroatoms. The monoisotopic (exact) mass is 501 g/mol. The fourth-order valence-electron chi connectivity index (χ4n) is 3.57. The van der Waals surface area contributed by atoms with E-state index in [4.69, 9.17) is 29.1 Å². The van der Waals surface area contributed by atoms with Crippen LogP contribution in [0.25, 0.3) is 0 Å². The number of rotatable bonds is 4. The lowest BCUT2D eigenvalue weighted by molar-refractivity contribution is 0.153. The number of piperazine rings is 1. The van der Waals surface area contributed by atoms with Crippen LogP contribution in [0.4, 0.5) is 11.4 Å². The molecule has 2 aliphatic rings. The van der Waals surface area contributed by atoms with Gasteiger partial charge in [-0.15, -0.1) is 0 Å². The zero-order valence-electron chi connectivity index (χ0n) is 18.7. The molecule has 2 aromatic rings. The first kappa shape index (κ1) is 26.9. The van der Waals surface area contributed by atoms with Gasteiger partial charge < -0.3 is 14.7 Å². The van der Waals surface area contributed by atoms with Crippen molar-refractivity contribution in [2.45, 2.75) is 30.1 Å². The van der Waals surface area contributed by atoms with E-state index in [9.17, 15) is 0 Å². The fraction of sp³-hybridized carbons (Fsp3) is 0.455. The van der Waals surface area contributed by atoms with Gasteiger partial charge in [-0.05, 0) is 50.3 Å². The molecule has 1 saturated heterocycles. The van der Waals surface area contributed by atoms with E-state index in [1.54, 1.807) is 0 Å². The number of halogens is 1. The van der Waals surface area contributed by atoms with Gasteiger partial charge in [-0.25, -0.2) is 0 Å². The summed E-state index contributed by atoms with van der Waals surface area (Å²) in [5.74, 6) is 0. The third kappa shape index (κ3) is 8.55. The highest BCUT2D eigenvalue weighted by atomic mass is 35.5. The fourth-order valence-corrected chi connectivity index (χ4v) is 4.81. The van der Waals surface area contributed by atoms with E-state index in [0.29, 0.717) is 0 Å². The van der Waals surface area contributed by atoms with Crippen LogP contribution in [0.1, 0.15) is 20.3 Å². The normalized spacial score (nSPS) is 16.1. The van der Waals surface area contributed by atoms with Gasteiger partial charge in [0.15, 0.2) is 0 Å². The van der Waals surface area contributed by atoms with Crippen LogP contribution in [-0.4, -0.2) is 73.6 Å². The van der Waals surface area contributed by atoms with Gasteiger partial charge in [0.1, 0.15) is 0 Å². The van der Waals surface area contributed by atoms with Crippen molar-refractivity contribution in [1.82, 2.24) is 9.80 Å². The van der Waals surface area contributed by atoms with Crippen molar-refractivity contribution in [2.24, 2.45) is 0 Å². The highest BCUT2D eigenvalue weighted by Gasteiger charge is 2.23. The Kier molecular flexibility index (Phi) is 10.8. The van der Waals surface area contributed by atoms with E-state index in [2.05, 4.69) is 58.1 Å². The van der Waals surface area contributed by atoms with Gasteiger partial charge in [-0.2, -0.15) is 8.42 Å². The quantitative estimate of drug-likeness (QED) is 0.569. The molecule has 0 unspecified atom stereocenters. The van der Waals surface area contributed by atoms with Crippen molar-refractivity contribution >= 4 is 45.1 Å². The summed E-state index contributed by atoms with van der Waals surface area (Å²) in [6, 6.07) is 14.9. The minimum Gasteiger partial charge on any atom is -0.340 e. The molecule has 0 bridgehead atoms. The van der Waals surface area contributed by atoms with E-state index >= 15 is 0 Å². The number of fused-ring (bicyclic) bond motifs is 2. The van der Waals surface area contributed by atoms with Crippen LogP contribution >= 0.6 is 23.4 Å². The molecule has 0 saturated carbocycles. The molecule has 0 spiro atoms. The molecule has 2 aromatic carbocycles. The largest absolute Gasteiger partial charge is 0.394 e. The highest BCUT2D eigenvalue weighted by molar-refractivity contribution is 7.99. The molecular formula is C22H32ClN3O4S2. The summed E-state index contributed by atoms with van der Waals surface area (Å²) in [5.41, 5.74) is 2.55. The van der Waals surface area contributed by atoms with Crippen LogP contribution in [-0.2, 0) is 10.4 Å². The van der Waals surface area contributed by atoms with Crippen LogP contribution in [0.3, 0.4) is 0 Å². The molecular weight excluding hydrogens is 470 g/mol. The average Bonchev–Trinajstić information content (AvgIpc) is 2.75. The minimum atomic E-state index is -4.67. The first-order valence-corrected chi connectivity index (χ1v) is 13.2. The molecule has 2 N–H and O–H groups in total. The second kappa shape index (κ2) is 12.8. The summed E-state index contributed by atoms with van der Waals surface area (Å²) in [6.07, 6.45) is 1.16. The lowest BCUT2D eigenvalue weighted by Crippen LogP contribution is -2.45. The highest BCUT2D eigenvalue weighted by Crippen LogP contribution is 2.48. The molecule has 2 heterocycles. The summed E-state index contributed by atoms with van der Waals surface area (Å²) < 4.78 is 31.6. The summed E-state index contributed by atoms with van der Waals surface area (Å²) in [5, 5.41) is 0.808. The third-order valence-corrected chi connectivity index (χ3v) is 6.41. The number of para-hydroxylation sites is 1. The Morgan fingerprint density at radius 1 is 0.938 bits per heavy atom. The minimum absolute atomic E-state index is 0.808. The molecule has 32 heavy (non-hydrogen) atoms. The Morgan fingerprint density at radius 3 is 2.19 bits per heavy atom. The van der Waals surface area contributed by atoms with Gasteiger partial charge in [0, 0.05) is 47.5 Å². The zero-order valence-corrected chi connectivity index (χ0v) is 21.1. The predicted octanol–water partition coefficient (Wildman–Crippen LogP) is 4.95. The van der Waals surface area contributed by atoms with Gasteiger partial charge in [0.2, 0.25) is 0 Å². The lowest BCUT2D eigenvalue weighted by atomic mass is 10.2. The van der Waals surface area contributed by atoms with Crippen molar-refractivity contribution in [3.05, 3.63) is 47.5 Å². The molecule has 0 radical (unpaired) electrons. The second-order valence-electron chi connectivity index (χ2n) is 7.28. The average molecular weight is 502 g/mol. The molecule has 1 fully saturated rings.